The van der Waals surface area contributed by atoms with Gasteiger partial charge in [0, 0.05) is 5.33 Å². The van der Waals surface area contributed by atoms with Gasteiger partial charge >= 0.3 is 0 Å². The number of halogens is 1. The van der Waals surface area contributed by atoms with Crippen molar-refractivity contribution in [2.45, 2.75) is 71.0 Å². The molecule has 1 nitrogen and oxygen atoms in total. The zero-order valence-corrected chi connectivity index (χ0v) is 17.0. The van der Waals surface area contributed by atoms with Crippen LogP contribution < -0.4 is 4.43 Å². The van der Waals surface area contributed by atoms with Crippen molar-refractivity contribution in [2.24, 2.45) is 0 Å². The summed E-state index contributed by atoms with van der Waals surface area (Å²) >= 11 is 3.49. The normalized spacial score (nSPS) is 12.5. The summed E-state index contributed by atoms with van der Waals surface area (Å²) < 4.78 is 6.68. The summed E-state index contributed by atoms with van der Waals surface area (Å²) in [5.41, 5.74) is 3.24. The molecule has 21 heavy (non-hydrogen) atoms. The van der Waals surface area contributed by atoms with E-state index < -0.39 is 8.32 Å². The van der Waals surface area contributed by atoms with Crippen LogP contribution in [0.2, 0.25) is 16.6 Å². The van der Waals surface area contributed by atoms with E-state index in [4.69, 9.17) is 4.43 Å². The average Bonchev–Trinajstić information content (AvgIpc) is 2.42. The molecule has 0 saturated heterocycles. The summed E-state index contributed by atoms with van der Waals surface area (Å²) in [6, 6.07) is 8.77. The highest BCUT2D eigenvalue weighted by Crippen LogP contribution is 2.42. The fraction of sp³-hybridized carbons (Fsp3) is 0.667. The lowest BCUT2D eigenvalue weighted by molar-refractivity contribution is 0.479. The van der Waals surface area contributed by atoms with Crippen LogP contribution >= 0.6 is 15.9 Å². The van der Waals surface area contributed by atoms with Crippen molar-refractivity contribution in [1.82, 2.24) is 0 Å². The monoisotopic (exact) mass is 370 g/mol. The summed E-state index contributed by atoms with van der Waals surface area (Å²) in [6.07, 6.45) is 2.31. The molecule has 1 aromatic carbocycles. The zero-order chi connectivity index (χ0) is 16.0. The molecule has 0 saturated carbocycles. The van der Waals surface area contributed by atoms with Gasteiger partial charge < -0.3 is 4.43 Å². The van der Waals surface area contributed by atoms with E-state index >= 15 is 0 Å². The minimum absolute atomic E-state index is 0.616. The fourth-order valence-electron chi connectivity index (χ4n) is 3.55. The minimum atomic E-state index is -1.82. The standard InChI is InChI=1S/C18H31BrOSi/c1-14(2)21(15(3)4,16(5)6)20-18-11-9-17(10-12-18)8-7-13-19/h9-12,14-16H,7-8,13H2,1-6H3. The quantitative estimate of drug-likeness (QED) is 0.371. The number of alkyl halides is 1. The van der Waals surface area contributed by atoms with Gasteiger partial charge in [-0.2, -0.15) is 0 Å². The summed E-state index contributed by atoms with van der Waals surface area (Å²) in [7, 11) is -1.82. The van der Waals surface area contributed by atoms with Crippen LogP contribution in [0.25, 0.3) is 0 Å². The van der Waals surface area contributed by atoms with Gasteiger partial charge in [-0.05, 0) is 47.2 Å². The van der Waals surface area contributed by atoms with Crippen molar-refractivity contribution in [3.05, 3.63) is 29.8 Å². The van der Waals surface area contributed by atoms with Crippen LogP contribution in [-0.2, 0) is 6.42 Å². The molecule has 0 unspecified atom stereocenters. The lowest BCUT2D eigenvalue weighted by Crippen LogP contribution is -2.50. The largest absolute Gasteiger partial charge is 0.543 e. The van der Waals surface area contributed by atoms with Gasteiger partial charge in [-0.25, -0.2) is 0 Å². The molecular weight excluding hydrogens is 340 g/mol. The first kappa shape index (κ1) is 18.8. The molecule has 0 bridgehead atoms. The molecule has 1 aromatic rings. The first-order chi connectivity index (χ1) is 9.84. The van der Waals surface area contributed by atoms with Crippen LogP contribution in [-0.4, -0.2) is 13.6 Å². The summed E-state index contributed by atoms with van der Waals surface area (Å²) in [4.78, 5) is 0. The van der Waals surface area contributed by atoms with E-state index in [-0.39, 0.29) is 0 Å². The third-order valence-electron chi connectivity index (χ3n) is 4.52. The number of benzene rings is 1. The van der Waals surface area contributed by atoms with Crippen molar-refractivity contribution in [1.29, 1.82) is 0 Å². The van der Waals surface area contributed by atoms with Crippen molar-refractivity contribution in [3.63, 3.8) is 0 Å². The molecule has 1 rings (SSSR count). The van der Waals surface area contributed by atoms with Crippen LogP contribution in [0.3, 0.4) is 0 Å². The van der Waals surface area contributed by atoms with E-state index in [0.717, 1.165) is 17.5 Å². The molecular formula is C18H31BrOSi. The van der Waals surface area contributed by atoms with Gasteiger partial charge in [0.05, 0.1) is 0 Å². The fourth-order valence-corrected chi connectivity index (χ4v) is 9.08. The molecule has 0 aromatic heterocycles. The predicted molar refractivity (Wildman–Crippen MR) is 100 cm³/mol. The van der Waals surface area contributed by atoms with E-state index in [9.17, 15) is 0 Å². The Labute approximate surface area is 140 Å². The predicted octanol–water partition coefficient (Wildman–Crippen LogP) is 6.57. The molecule has 0 aliphatic carbocycles. The summed E-state index contributed by atoms with van der Waals surface area (Å²) in [5, 5.41) is 1.06. The first-order valence-electron chi connectivity index (χ1n) is 8.18. The van der Waals surface area contributed by atoms with Crippen LogP contribution in [0.5, 0.6) is 5.75 Å². The Morgan fingerprint density at radius 3 is 1.76 bits per heavy atom. The molecule has 0 aliphatic rings. The third kappa shape index (κ3) is 4.59. The van der Waals surface area contributed by atoms with E-state index in [1.54, 1.807) is 0 Å². The highest BCUT2D eigenvalue weighted by Gasteiger charge is 2.46. The van der Waals surface area contributed by atoms with Crippen molar-refractivity contribution < 1.29 is 4.43 Å². The lowest BCUT2D eigenvalue weighted by Gasteiger charge is -2.42. The van der Waals surface area contributed by atoms with E-state index in [0.29, 0.717) is 16.6 Å². The Balaban J connectivity index is 2.94. The molecule has 3 heteroatoms. The Bertz CT molecular complexity index is 390. The van der Waals surface area contributed by atoms with Gasteiger partial charge in [-0.15, -0.1) is 0 Å². The summed E-state index contributed by atoms with van der Waals surface area (Å²) in [6.45, 7) is 14.0. The third-order valence-corrected chi connectivity index (χ3v) is 11.1. The van der Waals surface area contributed by atoms with Crippen LogP contribution in [0.15, 0.2) is 24.3 Å². The zero-order valence-electron chi connectivity index (χ0n) is 14.4. The Morgan fingerprint density at radius 1 is 0.905 bits per heavy atom. The molecule has 0 spiro atoms. The van der Waals surface area contributed by atoms with Gasteiger partial charge in [0.25, 0.3) is 8.32 Å². The van der Waals surface area contributed by atoms with Gasteiger partial charge in [0.1, 0.15) is 5.75 Å². The van der Waals surface area contributed by atoms with Gasteiger partial charge in [-0.1, -0.05) is 69.6 Å². The van der Waals surface area contributed by atoms with E-state index in [2.05, 4.69) is 81.7 Å². The Morgan fingerprint density at radius 2 is 1.38 bits per heavy atom. The molecule has 120 valence electrons. The second-order valence-electron chi connectivity index (χ2n) is 6.86. The maximum absolute atomic E-state index is 6.68. The molecule has 0 heterocycles. The number of aryl methyl sites for hydroxylation is 1. The second-order valence-corrected chi connectivity index (χ2v) is 13.0. The minimum Gasteiger partial charge on any atom is -0.543 e. The highest BCUT2D eigenvalue weighted by molar-refractivity contribution is 9.09. The SMILES string of the molecule is CC(C)[Si](Oc1ccc(CCCBr)cc1)(C(C)C)C(C)C. The first-order valence-corrected chi connectivity index (χ1v) is 11.4. The van der Waals surface area contributed by atoms with E-state index in [1.165, 1.54) is 12.0 Å². The smallest absolute Gasteiger partial charge is 0.258 e. The van der Waals surface area contributed by atoms with Crippen molar-refractivity contribution in [3.8, 4) is 5.75 Å². The maximum atomic E-state index is 6.68. The average molecular weight is 371 g/mol. The van der Waals surface area contributed by atoms with Gasteiger partial charge in [0.2, 0.25) is 0 Å². The molecule has 0 radical (unpaired) electrons. The second kappa shape index (κ2) is 8.38. The number of rotatable bonds is 8. The molecule has 0 amide bonds. The highest BCUT2D eigenvalue weighted by atomic mass is 79.9. The maximum Gasteiger partial charge on any atom is 0.258 e. The molecule has 0 aliphatic heterocycles. The summed E-state index contributed by atoms with van der Waals surface area (Å²) in [5.74, 6) is 1.06. The Kier molecular flexibility index (Phi) is 7.48. The van der Waals surface area contributed by atoms with Crippen molar-refractivity contribution in [2.75, 3.05) is 5.33 Å². The number of hydrogen-bond acceptors (Lipinski definition) is 1. The number of hydrogen-bond donors (Lipinski definition) is 0. The molecule has 0 atom stereocenters. The van der Waals surface area contributed by atoms with E-state index in [1.807, 2.05) is 0 Å². The van der Waals surface area contributed by atoms with Crippen LogP contribution in [0.1, 0.15) is 53.5 Å². The van der Waals surface area contributed by atoms with Crippen molar-refractivity contribution >= 4 is 24.2 Å². The van der Waals surface area contributed by atoms with Gasteiger partial charge in [0.15, 0.2) is 0 Å². The van der Waals surface area contributed by atoms with Crippen LogP contribution in [0, 0.1) is 0 Å². The molecule has 0 fully saturated rings. The Hall–Kier alpha value is -0.283. The lowest BCUT2D eigenvalue weighted by atomic mass is 10.1. The molecule has 0 N–H and O–H groups in total. The van der Waals surface area contributed by atoms with Crippen LogP contribution in [0.4, 0.5) is 0 Å². The topological polar surface area (TPSA) is 9.23 Å². The van der Waals surface area contributed by atoms with Gasteiger partial charge in [-0.3, -0.25) is 0 Å².